The van der Waals surface area contributed by atoms with Crippen LogP contribution < -0.4 is 4.74 Å². The number of nitrogens with zero attached hydrogens (tertiary/aromatic N) is 3. The topological polar surface area (TPSA) is 80.4 Å². The van der Waals surface area contributed by atoms with Gasteiger partial charge in [-0.05, 0) is 19.1 Å². The van der Waals surface area contributed by atoms with Gasteiger partial charge in [0.2, 0.25) is 0 Å². The number of rotatable bonds is 6. The maximum absolute atomic E-state index is 9.20. The maximum Gasteiger partial charge on any atom is 0.132 e. The molecular weight excluding hydrogens is 246 g/mol. The van der Waals surface area contributed by atoms with Gasteiger partial charge in [0.15, 0.2) is 0 Å². The minimum Gasteiger partial charge on any atom is -0.487 e. The van der Waals surface area contributed by atoms with Crippen molar-refractivity contribution < 1.29 is 14.9 Å². The summed E-state index contributed by atoms with van der Waals surface area (Å²) in [6.45, 7) is 2.36. The molecule has 2 rings (SSSR count). The van der Waals surface area contributed by atoms with E-state index in [2.05, 4.69) is 10.3 Å². The first-order chi connectivity index (χ1) is 9.24. The van der Waals surface area contributed by atoms with Crippen LogP contribution in [0.1, 0.15) is 17.0 Å². The molecule has 0 spiro atoms. The summed E-state index contributed by atoms with van der Waals surface area (Å²) in [6, 6.07) is 7.69. The molecular formula is C13H17N3O3. The minimum absolute atomic E-state index is 0.0360. The quantitative estimate of drug-likeness (QED) is 0.800. The molecule has 2 aromatic rings. The van der Waals surface area contributed by atoms with Crippen LogP contribution in [-0.4, -0.2) is 31.8 Å². The number of ether oxygens (including phenoxy) is 1. The molecule has 0 bridgehead atoms. The van der Waals surface area contributed by atoms with Crippen molar-refractivity contribution in [1.29, 1.82) is 0 Å². The summed E-state index contributed by atoms with van der Waals surface area (Å²) in [5, 5.41) is 25.9. The second kappa shape index (κ2) is 6.31. The molecule has 0 aliphatic heterocycles. The highest BCUT2D eigenvalue weighted by molar-refractivity contribution is 5.26. The molecule has 0 aliphatic rings. The molecule has 102 valence electrons. The van der Waals surface area contributed by atoms with Crippen molar-refractivity contribution in [3.63, 3.8) is 0 Å². The van der Waals surface area contributed by atoms with Crippen molar-refractivity contribution in [2.75, 3.05) is 6.61 Å². The number of aryl methyl sites for hydroxylation is 1. The van der Waals surface area contributed by atoms with Crippen LogP contribution in [0.2, 0.25) is 0 Å². The van der Waals surface area contributed by atoms with Crippen molar-refractivity contribution in [3.8, 4) is 5.75 Å². The van der Waals surface area contributed by atoms with E-state index in [1.54, 1.807) is 4.68 Å². The average molecular weight is 263 g/mol. The first-order valence-corrected chi connectivity index (χ1v) is 6.07. The summed E-state index contributed by atoms with van der Waals surface area (Å²) in [7, 11) is 0. The second-order valence-corrected chi connectivity index (χ2v) is 4.19. The van der Waals surface area contributed by atoms with E-state index in [9.17, 15) is 5.11 Å². The van der Waals surface area contributed by atoms with Gasteiger partial charge in [-0.1, -0.05) is 22.9 Å². The Morgan fingerprint density at radius 2 is 1.95 bits per heavy atom. The lowest BCUT2D eigenvalue weighted by Gasteiger charge is -2.09. The van der Waals surface area contributed by atoms with Gasteiger partial charge in [0.1, 0.15) is 23.7 Å². The Kier molecular flexibility index (Phi) is 4.48. The fraction of sp³-hybridized carbons (Fsp3) is 0.385. The van der Waals surface area contributed by atoms with Crippen molar-refractivity contribution in [3.05, 3.63) is 41.2 Å². The van der Waals surface area contributed by atoms with Crippen molar-refractivity contribution >= 4 is 0 Å². The fourth-order valence-electron chi connectivity index (χ4n) is 1.71. The molecule has 0 saturated carbocycles. The van der Waals surface area contributed by atoms with Crippen LogP contribution >= 0.6 is 0 Å². The van der Waals surface area contributed by atoms with Gasteiger partial charge in [-0.2, -0.15) is 0 Å². The van der Waals surface area contributed by atoms with Gasteiger partial charge in [0, 0.05) is 0 Å². The zero-order chi connectivity index (χ0) is 13.7. The third-order valence-corrected chi connectivity index (χ3v) is 2.78. The monoisotopic (exact) mass is 263 g/mol. The van der Waals surface area contributed by atoms with Crippen LogP contribution in [-0.2, 0) is 19.8 Å². The third-order valence-electron chi connectivity index (χ3n) is 2.78. The van der Waals surface area contributed by atoms with E-state index >= 15 is 0 Å². The lowest BCUT2D eigenvalue weighted by molar-refractivity contribution is 0.246. The summed E-state index contributed by atoms with van der Waals surface area (Å²) >= 11 is 0. The Hall–Kier alpha value is -1.92. The Bertz CT molecular complexity index is 522. The lowest BCUT2D eigenvalue weighted by atomic mass is 10.2. The third kappa shape index (κ3) is 3.30. The number of aliphatic hydroxyl groups is 2. The summed E-state index contributed by atoms with van der Waals surface area (Å²) in [6.07, 6.45) is 0. The molecule has 0 atom stereocenters. The predicted molar refractivity (Wildman–Crippen MR) is 68.5 cm³/mol. The average Bonchev–Trinajstić information content (AvgIpc) is 2.81. The van der Waals surface area contributed by atoms with E-state index in [1.807, 2.05) is 31.2 Å². The van der Waals surface area contributed by atoms with Gasteiger partial charge in [-0.3, -0.25) is 0 Å². The number of aliphatic hydroxyl groups excluding tert-OH is 2. The highest BCUT2D eigenvalue weighted by Crippen LogP contribution is 2.15. The van der Waals surface area contributed by atoms with Gasteiger partial charge >= 0.3 is 0 Å². The molecule has 6 nitrogen and oxygen atoms in total. The highest BCUT2D eigenvalue weighted by Gasteiger charge is 2.12. The molecule has 0 aliphatic carbocycles. The molecule has 1 aromatic heterocycles. The second-order valence-electron chi connectivity index (χ2n) is 4.19. The first-order valence-electron chi connectivity index (χ1n) is 6.07. The molecule has 1 aromatic carbocycles. The van der Waals surface area contributed by atoms with Gasteiger partial charge in [-0.15, -0.1) is 5.10 Å². The summed E-state index contributed by atoms with van der Waals surface area (Å²) < 4.78 is 7.18. The van der Waals surface area contributed by atoms with Gasteiger partial charge in [0.05, 0.1) is 19.8 Å². The molecule has 0 unspecified atom stereocenters. The summed E-state index contributed by atoms with van der Waals surface area (Å²) in [4.78, 5) is 0. The fourth-order valence-corrected chi connectivity index (χ4v) is 1.71. The zero-order valence-corrected chi connectivity index (χ0v) is 10.8. The minimum atomic E-state index is -0.196. The number of benzene rings is 1. The van der Waals surface area contributed by atoms with Gasteiger partial charge in [-0.25, -0.2) is 4.68 Å². The Balaban J connectivity index is 2.09. The van der Waals surface area contributed by atoms with Gasteiger partial charge < -0.3 is 14.9 Å². The van der Waals surface area contributed by atoms with E-state index in [1.165, 1.54) is 0 Å². The Labute approximate surface area is 111 Å². The Morgan fingerprint density at radius 1 is 1.21 bits per heavy atom. The number of hydrogen-bond donors (Lipinski definition) is 2. The normalized spacial score (nSPS) is 10.7. The zero-order valence-electron chi connectivity index (χ0n) is 10.8. The number of aromatic nitrogens is 3. The van der Waals surface area contributed by atoms with Crippen LogP contribution in [0.4, 0.5) is 0 Å². The Morgan fingerprint density at radius 3 is 2.58 bits per heavy atom. The van der Waals surface area contributed by atoms with Crippen LogP contribution in [0.3, 0.4) is 0 Å². The van der Waals surface area contributed by atoms with Crippen molar-refractivity contribution in [2.24, 2.45) is 0 Å². The smallest absolute Gasteiger partial charge is 0.132 e. The van der Waals surface area contributed by atoms with Crippen LogP contribution in [0.5, 0.6) is 5.75 Å². The first kappa shape index (κ1) is 13.5. The SMILES string of the molecule is Cc1ccc(OCc2c(CO)nnn2CCO)cc1. The predicted octanol–water partition coefficient (Wildman–Crippen LogP) is 0.650. The molecule has 2 N–H and O–H groups in total. The van der Waals surface area contributed by atoms with E-state index in [-0.39, 0.29) is 19.8 Å². The maximum atomic E-state index is 9.20. The molecule has 0 radical (unpaired) electrons. The molecule has 0 amide bonds. The highest BCUT2D eigenvalue weighted by atomic mass is 16.5. The lowest BCUT2D eigenvalue weighted by Crippen LogP contribution is -2.11. The molecule has 6 heteroatoms. The molecule has 0 saturated heterocycles. The van der Waals surface area contributed by atoms with Crippen LogP contribution in [0, 0.1) is 6.92 Å². The number of hydrogen-bond acceptors (Lipinski definition) is 5. The van der Waals surface area contributed by atoms with E-state index in [4.69, 9.17) is 9.84 Å². The van der Waals surface area contributed by atoms with E-state index < -0.39 is 0 Å². The van der Waals surface area contributed by atoms with Gasteiger partial charge in [0.25, 0.3) is 0 Å². The van der Waals surface area contributed by atoms with Crippen molar-refractivity contribution in [1.82, 2.24) is 15.0 Å². The van der Waals surface area contributed by atoms with Crippen LogP contribution in [0.15, 0.2) is 24.3 Å². The largest absolute Gasteiger partial charge is 0.487 e. The molecule has 1 heterocycles. The summed E-state index contributed by atoms with van der Waals surface area (Å²) in [5.74, 6) is 0.742. The van der Waals surface area contributed by atoms with Crippen molar-refractivity contribution in [2.45, 2.75) is 26.7 Å². The van der Waals surface area contributed by atoms with E-state index in [0.29, 0.717) is 17.9 Å². The molecule has 0 fully saturated rings. The standard InChI is InChI=1S/C13H17N3O3/c1-10-2-4-11(5-3-10)19-9-13-12(8-18)14-15-16(13)6-7-17/h2-5,17-18H,6-9H2,1H3. The molecule has 19 heavy (non-hydrogen) atoms. The van der Waals surface area contributed by atoms with Crippen LogP contribution in [0.25, 0.3) is 0 Å². The summed E-state index contributed by atoms with van der Waals surface area (Å²) in [5.41, 5.74) is 2.31. The van der Waals surface area contributed by atoms with E-state index in [0.717, 1.165) is 11.3 Å².